The minimum Gasteiger partial charge on any atom is -0.356 e. The van der Waals surface area contributed by atoms with Gasteiger partial charge in [0.25, 0.3) is 0 Å². The first-order valence-corrected chi connectivity index (χ1v) is 9.37. The molecule has 2 aromatic carbocycles. The molecule has 0 amide bonds. The van der Waals surface area contributed by atoms with Crippen molar-refractivity contribution in [2.75, 3.05) is 0 Å². The third-order valence-corrected chi connectivity index (χ3v) is 7.28. The Hall–Kier alpha value is -2.25. The molecule has 0 N–H and O–H groups in total. The summed E-state index contributed by atoms with van der Waals surface area (Å²) in [6, 6.07) is 14.6. The van der Waals surface area contributed by atoms with Crippen LogP contribution in [0.3, 0.4) is 0 Å². The monoisotopic (exact) mass is 344 g/mol. The summed E-state index contributed by atoms with van der Waals surface area (Å²) in [4.78, 5) is 4.27. The molecule has 0 aliphatic heterocycles. The van der Waals surface area contributed by atoms with Gasteiger partial charge < -0.3 is 4.52 Å². The van der Waals surface area contributed by atoms with Gasteiger partial charge in [0.2, 0.25) is 14.2 Å². The number of hydrogen-bond donors (Lipinski definition) is 0. The Labute approximate surface area is 136 Å². The lowest BCUT2D eigenvalue weighted by molar-refractivity contribution is 0.444. The molecule has 0 radical (unpaired) electrons. The van der Waals surface area contributed by atoms with Crippen molar-refractivity contribution in [1.82, 2.24) is 10.1 Å². The number of para-hydroxylation sites is 2. The van der Waals surface area contributed by atoms with Crippen LogP contribution in [0.2, 0.25) is 0 Å². The molecule has 0 fully saturated rings. The van der Waals surface area contributed by atoms with Crippen molar-refractivity contribution in [3.63, 3.8) is 0 Å². The van der Waals surface area contributed by atoms with Crippen molar-refractivity contribution in [2.24, 2.45) is 0 Å². The number of nitrogens with zero attached hydrogens (tertiary/aromatic N) is 2. The summed E-state index contributed by atoms with van der Waals surface area (Å²) in [7, 11) is -3.63. The fourth-order valence-corrected chi connectivity index (χ4v) is 5.33. The Morgan fingerprint density at radius 1 is 1.09 bits per heavy atom. The molecule has 23 heavy (non-hydrogen) atoms. The van der Waals surface area contributed by atoms with Gasteiger partial charge in [-0.2, -0.15) is 0 Å². The van der Waals surface area contributed by atoms with Crippen LogP contribution in [0.25, 0.3) is 21.2 Å². The van der Waals surface area contributed by atoms with Crippen molar-refractivity contribution in [3.8, 4) is 0 Å². The number of rotatable bonds is 3. The largest absolute Gasteiger partial charge is 0.356 e. The highest BCUT2D eigenvalue weighted by atomic mass is 32.2. The Morgan fingerprint density at radius 2 is 1.83 bits per heavy atom. The van der Waals surface area contributed by atoms with Crippen molar-refractivity contribution >= 4 is 42.4 Å². The number of aromatic nitrogens is 2. The SMILES string of the molecule is C[C@H](c1noc2ccccc12)S(=O)(=O)c1nc2ccccc2s1. The molecule has 4 rings (SSSR count). The predicted molar refractivity (Wildman–Crippen MR) is 89.2 cm³/mol. The summed E-state index contributed by atoms with van der Waals surface area (Å²) in [6.07, 6.45) is 0. The molecule has 0 saturated heterocycles. The summed E-state index contributed by atoms with van der Waals surface area (Å²) in [5.41, 5.74) is 1.68. The summed E-state index contributed by atoms with van der Waals surface area (Å²) < 4.78 is 32.0. The van der Waals surface area contributed by atoms with Crippen molar-refractivity contribution in [2.45, 2.75) is 16.5 Å². The molecule has 1 atom stereocenters. The maximum atomic E-state index is 12.9. The third-order valence-electron chi connectivity index (χ3n) is 3.77. The lowest BCUT2D eigenvalue weighted by atomic mass is 10.2. The molecular weight excluding hydrogens is 332 g/mol. The van der Waals surface area contributed by atoms with Gasteiger partial charge in [-0.3, -0.25) is 0 Å². The maximum absolute atomic E-state index is 12.9. The zero-order chi connectivity index (χ0) is 16.0. The minimum atomic E-state index is -3.63. The molecule has 116 valence electrons. The van der Waals surface area contributed by atoms with E-state index < -0.39 is 15.1 Å². The van der Waals surface area contributed by atoms with E-state index in [1.807, 2.05) is 36.4 Å². The molecule has 7 heteroatoms. The molecule has 5 nitrogen and oxygen atoms in total. The smallest absolute Gasteiger partial charge is 0.213 e. The van der Waals surface area contributed by atoms with Gasteiger partial charge in [0.15, 0.2) is 5.58 Å². The highest BCUT2D eigenvalue weighted by molar-refractivity contribution is 7.93. The topological polar surface area (TPSA) is 73.1 Å². The van der Waals surface area contributed by atoms with Crippen LogP contribution >= 0.6 is 11.3 Å². The molecule has 0 spiro atoms. The van der Waals surface area contributed by atoms with Gasteiger partial charge in [-0.25, -0.2) is 13.4 Å². The fraction of sp³-hybridized carbons (Fsp3) is 0.125. The van der Waals surface area contributed by atoms with Gasteiger partial charge in [0, 0.05) is 5.39 Å². The second kappa shape index (κ2) is 5.14. The normalized spacial score (nSPS) is 13.6. The quantitative estimate of drug-likeness (QED) is 0.562. The molecule has 2 heterocycles. The van der Waals surface area contributed by atoms with Crippen LogP contribution in [0.4, 0.5) is 0 Å². The lowest BCUT2D eigenvalue weighted by Gasteiger charge is -2.07. The average molecular weight is 344 g/mol. The maximum Gasteiger partial charge on any atom is 0.213 e. The van der Waals surface area contributed by atoms with Crippen LogP contribution in [0.15, 0.2) is 57.4 Å². The van der Waals surface area contributed by atoms with Crippen LogP contribution in [0.1, 0.15) is 17.9 Å². The summed E-state index contributed by atoms with van der Waals surface area (Å²) in [5, 5.41) is 3.85. The molecule has 0 unspecified atom stereocenters. The number of benzene rings is 2. The average Bonchev–Trinajstić information content (AvgIpc) is 3.18. The van der Waals surface area contributed by atoms with Gasteiger partial charge in [0.05, 0.1) is 10.2 Å². The van der Waals surface area contributed by atoms with Gasteiger partial charge in [-0.15, -0.1) is 11.3 Å². The number of hydrogen-bond acceptors (Lipinski definition) is 6. The van der Waals surface area contributed by atoms with E-state index in [1.54, 1.807) is 19.1 Å². The van der Waals surface area contributed by atoms with E-state index in [1.165, 1.54) is 11.3 Å². The predicted octanol–water partition coefficient (Wildman–Crippen LogP) is 3.97. The second-order valence-electron chi connectivity index (χ2n) is 5.20. The van der Waals surface area contributed by atoms with Crippen molar-refractivity contribution in [1.29, 1.82) is 0 Å². The van der Waals surface area contributed by atoms with Gasteiger partial charge >= 0.3 is 0 Å². The first-order chi connectivity index (χ1) is 11.1. The zero-order valence-corrected chi connectivity index (χ0v) is 13.8. The highest BCUT2D eigenvalue weighted by Crippen LogP contribution is 2.35. The zero-order valence-electron chi connectivity index (χ0n) is 12.1. The van der Waals surface area contributed by atoms with Crippen LogP contribution in [0.5, 0.6) is 0 Å². The van der Waals surface area contributed by atoms with Crippen molar-refractivity contribution < 1.29 is 12.9 Å². The Balaban J connectivity index is 1.84. The van der Waals surface area contributed by atoms with E-state index >= 15 is 0 Å². The first-order valence-electron chi connectivity index (χ1n) is 7.01. The molecule has 0 saturated carbocycles. The minimum absolute atomic E-state index is 0.110. The van der Waals surface area contributed by atoms with E-state index in [0.29, 0.717) is 22.2 Å². The van der Waals surface area contributed by atoms with Crippen molar-refractivity contribution in [3.05, 3.63) is 54.2 Å². The Morgan fingerprint density at radius 3 is 2.65 bits per heavy atom. The van der Waals surface area contributed by atoms with E-state index in [0.717, 1.165) is 4.70 Å². The molecule has 0 bridgehead atoms. The second-order valence-corrected chi connectivity index (χ2v) is 8.67. The molecule has 0 aliphatic rings. The van der Waals surface area contributed by atoms with Crippen LogP contribution in [0, 0.1) is 0 Å². The molecular formula is C16H12N2O3S2. The van der Waals surface area contributed by atoms with Gasteiger partial charge in [0.1, 0.15) is 10.9 Å². The van der Waals surface area contributed by atoms with Gasteiger partial charge in [-0.1, -0.05) is 29.4 Å². The Kier molecular flexibility index (Phi) is 3.21. The van der Waals surface area contributed by atoms with Crippen LogP contribution in [-0.2, 0) is 9.84 Å². The van der Waals surface area contributed by atoms with Gasteiger partial charge in [-0.05, 0) is 31.2 Å². The summed E-state index contributed by atoms with van der Waals surface area (Å²) in [6.45, 7) is 1.62. The number of sulfone groups is 1. The molecule has 2 aromatic heterocycles. The highest BCUT2D eigenvalue weighted by Gasteiger charge is 2.32. The molecule has 0 aliphatic carbocycles. The van der Waals surface area contributed by atoms with Crippen LogP contribution in [-0.4, -0.2) is 18.6 Å². The van der Waals surface area contributed by atoms with E-state index in [2.05, 4.69) is 10.1 Å². The number of thiazole rings is 1. The van der Waals surface area contributed by atoms with Crippen LogP contribution < -0.4 is 0 Å². The Bertz CT molecular complexity index is 1080. The first kappa shape index (κ1) is 14.3. The van der Waals surface area contributed by atoms with E-state index in [-0.39, 0.29) is 4.34 Å². The molecule has 4 aromatic rings. The lowest BCUT2D eigenvalue weighted by Crippen LogP contribution is -2.11. The fourth-order valence-electron chi connectivity index (χ4n) is 2.47. The third kappa shape index (κ3) is 2.24. The summed E-state index contributed by atoms with van der Waals surface area (Å²) in [5.74, 6) is 0. The van der Waals surface area contributed by atoms with E-state index in [4.69, 9.17) is 4.52 Å². The van der Waals surface area contributed by atoms with E-state index in [9.17, 15) is 8.42 Å². The standard InChI is InChI=1S/C16H12N2O3S2/c1-10(15-11-6-2-4-8-13(11)21-18-15)23(19,20)16-17-12-7-3-5-9-14(12)22-16/h2-10H,1H3/t10-/m1/s1. The summed E-state index contributed by atoms with van der Waals surface area (Å²) >= 11 is 1.18. The number of fused-ring (bicyclic) bond motifs is 2.